The smallest absolute Gasteiger partial charge is 0.340 e. The Kier molecular flexibility index (Phi) is 7.40. The lowest BCUT2D eigenvalue weighted by Crippen LogP contribution is -2.30. The number of anilines is 2. The highest BCUT2D eigenvalue weighted by atomic mass is 35.5. The van der Waals surface area contributed by atoms with E-state index >= 15 is 0 Å². The Morgan fingerprint density at radius 3 is 2.46 bits per heavy atom. The van der Waals surface area contributed by atoms with Gasteiger partial charge in [-0.3, -0.25) is 9.59 Å². The number of nitrogens with zero attached hydrogens (tertiary/aromatic N) is 1. The molecule has 0 aliphatic heterocycles. The van der Waals surface area contributed by atoms with Gasteiger partial charge in [-0.1, -0.05) is 17.7 Å². The fourth-order valence-corrected chi connectivity index (χ4v) is 2.73. The summed E-state index contributed by atoms with van der Waals surface area (Å²) in [5, 5.41) is 3.00. The van der Waals surface area contributed by atoms with Crippen LogP contribution in [-0.4, -0.2) is 42.4 Å². The Morgan fingerprint density at radius 2 is 1.82 bits per heavy atom. The molecule has 2 rings (SSSR count). The number of esters is 1. The maximum Gasteiger partial charge on any atom is 0.340 e. The molecule has 0 saturated heterocycles. The number of nitrogens with one attached hydrogen (secondary N) is 1. The quantitative estimate of drug-likeness (QED) is 0.546. The standard InChI is InChI=1S/C20H22ClN3O4/c1-3-24(4-2)19(26)13-6-5-7-15(10-13)23-18(25)12-28-20(27)16-9-8-14(21)11-17(16)22/h5-11H,3-4,12,22H2,1-2H3,(H,23,25). The number of benzene rings is 2. The first-order chi connectivity index (χ1) is 13.3. The first-order valence-electron chi connectivity index (χ1n) is 8.77. The monoisotopic (exact) mass is 403 g/mol. The Bertz CT molecular complexity index is 882. The third-order valence-corrected chi connectivity index (χ3v) is 4.25. The molecule has 0 heterocycles. The average Bonchev–Trinajstić information content (AvgIpc) is 2.67. The van der Waals surface area contributed by atoms with Crippen LogP contribution in [0.25, 0.3) is 0 Å². The third-order valence-electron chi connectivity index (χ3n) is 4.01. The van der Waals surface area contributed by atoms with E-state index < -0.39 is 18.5 Å². The van der Waals surface area contributed by atoms with Crippen LogP contribution in [-0.2, 0) is 9.53 Å². The zero-order valence-electron chi connectivity index (χ0n) is 15.7. The summed E-state index contributed by atoms with van der Waals surface area (Å²) in [6, 6.07) is 10.9. The van der Waals surface area contributed by atoms with Gasteiger partial charge in [0.25, 0.3) is 11.8 Å². The molecule has 0 aliphatic carbocycles. The number of carbonyl (C=O) groups excluding carboxylic acids is 3. The summed E-state index contributed by atoms with van der Waals surface area (Å²) in [6.45, 7) is 4.49. The summed E-state index contributed by atoms with van der Waals surface area (Å²) < 4.78 is 4.98. The number of nitrogens with two attached hydrogens (primary N) is 1. The van der Waals surface area contributed by atoms with Gasteiger partial charge in [-0.2, -0.15) is 0 Å². The number of rotatable bonds is 7. The van der Waals surface area contributed by atoms with E-state index in [0.717, 1.165) is 0 Å². The SMILES string of the molecule is CCN(CC)C(=O)c1cccc(NC(=O)COC(=O)c2ccc(Cl)cc2N)c1. The van der Waals surface area contributed by atoms with E-state index in [1.54, 1.807) is 29.2 Å². The summed E-state index contributed by atoms with van der Waals surface area (Å²) in [7, 11) is 0. The van der Waals surface area contributed by atoms with Gasteiger partial charge in [0.05, 0.1) is 5.56 Å². The Morgan fingerprint density at radius 1 is 1.11 bits per heavy atom. The first-order valence-corrected chi connectivity index (χ1v) is 9.14. The minimum Gasteiger partial charge on any atom is -0.452 e. The van der Waals surface area contributed by atoms with Crippen molar-refractivity contribution in [3.05, 3.63) is 58.6 Å². The molecule has 148 valence electrons. The van der Waals surface area contributed by atoms with E-state index in [1.807, 2.05) is 13.8 Å². The molecule has 0 aliphatic rings. The van der Waals surface area contributed by atoms with Gasteiger partial charge in [0.15, 0.2) is 6.61 Å². The lowest BCUT2D eigenvalue weighted by atomic mass is 10.1. The number of halogens is 1. The van der Waals surface area contributed by atoms with Gasteiger partial charge in [-0.05, 0) is 50.2 Å². The minimum absolute atomic E-state index is 0.120. The number of carbonyl (C=O) groups is 3. The van der Waals surface area contributed by atoms with E-state index in [9.17, 15) is 14.4 Å². The highest BCUT2D eigenvalue weighted by Crippen LogP contribution is 2.19. The van der Waals surface area contributed by atoms with E-state index in [-0.39, 0.29) is 17.2 Å². The number of ether oxygens (including phenoxy) is 1. The Balaban J connectivity index is 1.97. The average molecular weight is 404 g/mol. The molecule has 0 fully saturated rings. The topological polar surface area (TPSA) is 102 Å². The number of hydrogen-bond acceptors (Lipinski definition) is 5. The van der Waals surface area contributed by atoms with Crippen LogP contribution in [0.4, 0.5) is 11.4 Å². The normalized spacial score (nSPS) is 10.2. The molecular formula is C20H22ClN3O4. The van der Waals surface area contributed by atoms with Gasteiger partial charge in [0.2, 0.25) is 0 Å². The van der Waals surface area contributed by atoms with E-state index in [1.165, 1.54) is 18.2 Å². The van der Waals surface area contributed by atoms with E-state index in [0.29, 0.717) is 29.4 Å². The molecule has 3 N–H and O–H groups in total. The van der Waals surface area contributed by atoms with Crippen molar-refractivity contribution in [3.63, 3.8) is 0 Å². The van der Waals surface area contributed by atoms with Crippen molar-refractivity contribution in [2.75, 3.05) is 30.7 Å². The van der Waals surface area contributed by atoms with Crippen LogP contribution < -0.4 is 11.1 Å². The summed E-state index contributed by atoms with van der Waals surface area (Å²) in [5.41, 5.74) is 6.92. The van der Waals surface area contributed by atoms with Crippen LogP contribution in [0.2, 0.25) is 5.02 Å². The van der Waals surface area contributed by atoms with Crippen molar-refractivity contribution in [1.29, 1.82) is 0 Å². The fraction of sp³-hybridized carbons (Fsp3) is 0.250. The molecule has 7 nitrogen and oxygen atoms in total. The maximum atomic E-state index is 12.4. The summed E-state index contributed by atoms with van der Waals surface area (Å²) >= 11 is 5.79. The second kappa shape index (κ2) is 9.75. The molecule has 2 aromatic rings. The molecule has 0 bridgehead atoms. The molecule has 0 atom stereocenters. The van der Waals surface area contributed by atoms with E-state index in [4.69, 9.17) is 22.1 Å². The lowest BCUT2D eigenvalue weighted by molar-refractivity contribution is -0.119. The fourth-order valence-electron chi connectivity index (χ4n) is 2.55. The maximum absolute atomic E-state index is 12.4. The zero-order valence-corrected chi connectivity index (χ0v) is 16.5. The predicted molar refractivity (Wildman–Crippen MR) is 108 cm³/mol. The van der Waals surface area contributed by atoms with Crippen LogP contribution >= 0.6 is 11.6 Å². The Labute approximate surface area is 168 Å². The lowest BCUT2D eigenvalue weighted by Gasteiger charge is -2.19. The van der Waals surface area contributed by atoms with Gasteiger partial charge in [-0.15, -0.1) is 0 Å². The van der Waals surface area contributed by atoms with Crippen LogP contribution in [0.15, 0.2) is 42.5 Å². The van der Waals surface area contributed by atoms with Crippen molar-refractivity contribution in [1.82, 2.24) is 4.90 Å². The Hall–Kier alpha value is -3.06. The van der Waals surface area contributed by atoms with Gasteiger partial charge in [0.1, 0.15) is 0 Å². The number of amides is 2. The highest BCUT2D eigenvalue weighted by molar-refractivity contribution is 6.31. The summed E-state index contributed by atoms with van der Waals surface area (Å²) in [5.74, 6) is -1.38. The molecule has 2 amide bonds. The van der Waals surface area contributed by atoms with Crippen LogP contribution in [0.3, 0.4) is 0 Å². The highest BCUT2D eigenvalue weighted by Gasteiger charge is 2.15. The van der Waals surface area contributed by atoms with Gasteiger partial charge in [0, 0.05) is 35.1 Å². The largest absolute Gasteiger partial charge is 0.452 e. The second-order valence-corrected chi connectivity index (χ2v) is 6.35. The van der Waals surface area contributed by atoms with Gasteiger partial charge in [-0.25, -0.2) is 4.79 Å². The summed E-state index contributed by atoms with van der Waals surface area (Å²) in [4.78, 5) is 38.2. The molecule has 2 aromatic carbocycles. The number of hydrogen-bond donors (Lipinski definition) is 2. The van der Waals surface area contributed by atoms with Crippen molar-refractivity contribution < 1.29 is 19.1 Å². The molecule has 28 heavy (non-hydrogen) atoms. The zero-order chi connectivity index (χ0) is 20.7. The van der Waals surface area contributed by atoms with Crippen LogP contribution in [0.1, 0.15) is 34.6 Å². The molecular weight excluding hydrogens is 382 g/mol. The van der Waals surface area contributed by atoms with Gasteiger partial charge < -0.3 is 20.7 Å². The molecule has 0 spiro atoms. The third kappa shape index (κ3) is 5.47. The molecule has 0 unspecified atom stereocenters. The molecule has 0 radical (unpaired) electrons. The minimum atomic E-state index is -0.727. The molecule has 0 saturated carbocycles. The molecule has 8 heteroatoms. The van der Waals surface area contributed by atoms with Crippen molar-refractivity contribution in [3.8, 4) is 0 Å². The predicted octanol–water partition coefficient (Wildman–Crippen LogP) is 3.20. The first kappa shape index (κ1) is 21.2. The van der Waals surface area contributed by atoms with Crippen molar-refractivity contribution in [2.24, 2.45) is 0 Å². The van der Waals surface area contributed by atoms with E-state index in [2.05, 4.69) is 5.32 Å². The second-order valence-electron chi connectivity index (χ2n) is 5.91. The van der Waals surface area contributed by atoms with Crippen LogP contribution in [0, 0.1) is 0 Å². The molecule has 0 aromatic heterocycles. The van der Waals surface area contributed by atoms with Crippen molar-refractivity contribution >= 4 is 40.8 Å². The summed E-state index contributed by atoms with van der Waals surface area (Å²) in [6.07, 6.45) is 0. The van der Waals surface area contributed by atoms with Crippen molar-refractivity contribution in [2.45, 2.75) is 13.8 Å². The number of nitrogen functional groups attached to an aromatic ring is 1. The van der Waals surface area contributed by atoms with Gasteiger partial charge >= 0.3 is 5.97 Å². The van der Waals surface area contributed by atoms with Crippen LogP contribution in [0.5, 0.6) is 0 Å².